The van der Waals surface area contributed by atoms with E-state index < -0.39 is 12.1 Å². The molecule has 0 aromatic heterocycles. The second-order valence-corrected chi connectivity index (χ2v) is 11.2. The second kappa shape index (κ2) is 13.0. The van der Waals surface area contributed by atoms with Gasteiger partial charge in [-0.15, -0.1) is 0 Å². The molecule has 2 aromatic carbocycles. The van der Waals surface area contributed by atoms with Crippen LogP contribution in [-0.2, 0) is 10.8 Å². The largest absolute Gasteiger partial charge is 0.343 e. The zero-order chi connectivity index (χ0) is 29.5. The Morgan fingerprint density at radius 2 is 1.02 bits per heavy atom. The lowest BCUT2D eigenvalue weighted by Crippen LogP contribution is -2.47. The highest BCUT2D eigenvalue weighted by Gasteiger charge is 2.33. The lowest BCUT2D eigenvalue weighted by molar-refractivity contribution is 0.0978. The van der Waals surface area contributed by atoms with E-state index in [1.54, 1.807) is 12.1 Å². The van der Waals surface area contributed by atoms with Gasteiger partial charge in [-0.3, -0.25) is 31.3 Å². The van der Waals surface area contributed by atoms with Gasteiger partial charge in [0, 0.05) is 35.3 Å². The summed E-state index contributed by atoms with van der Waals surface area (Å²) in [6, 6.07) is 10.00. The summed E-state index contributed by atoms with van der Waals surface area (Å²) < 4.78 is 0. The Hall–Kier alpha value is -3.84. The first kappa shape index (κ1) is 30.7. The Kier molecular flexibility index (Phi) is 9.98. The van der Waals surface area contributed by atoms with Crippen molar-refractivity contribution >= 4 is 23.6 Å². The number of nitrogens with one attached hydrogen (secondary N) is 6. The minimum atomic E-state index is -0.521. The van der Waals surface area contributed by atoms with E-state index in [1.807, 2.05) is 35.1 Å². The topological polar surface area (TPSA) is 192 Å². The molecule has 0 bridgehead atoms. The van der Waals surface area contributed by atoms with Gasteiger partial charge in [0.2, 0.25) is 0 Å². The standard InChI is InChI=1S/C28H40N8O4/c1-27(2,11-5-13-31-35-25(39)33-29)17-7-9-19-21(15-17)24(38)22-16-18(8-10-20(22)23(19)37)28(3,4)12-6-14-32-36-26(40)34-30/h7-10,15-16,31-32H,5-6,11-14,29-30H2,1-4H3,(H2,33,35,39)(H2,34,36,40). The molecule has 0 radical (unpaired) electrons. The highest BCUT2D eigenvalue weighted by molar-refractivity contribution is 6.28. The minimum Gasteiger partial charge on any atom is -0.289 e. The van der Waals surface area contributed by atoms with Crippen molar-refractivity contribution in [2.45, 2.75) is 64.2 Å². The SMILES string of the molecule is CC(C)(CCCNNC(=O)NN)c1ccc2c(c1)C(=O)c1cc(C(C)(C)CCCNNC(=O)NN)ccc1C2=O. The Morgan fingerprint density at radius 3 is 1.40 bits per heavy atom. The molecule has 3 rings (SSSR count). The number of amides is 4. The van der Waals surface area contributed by atoms with Gasteiger partial charge in [-0.05, 0) is 71.9 Å². The van der Waals surface area contributed by atoms with E-state index in [1.165, 1.54) is 0 Å². The summed E-state index contributed by atoms with van der Waals surface area (Å²) in [5, 5.41) is 0. The van der Waals surface area contributed by atoms with Gasteiger partial charge in [0.1, 0.15) is 0 Å². The van der Waals surface area contributed by atoms with E-state index in [-0.39, 0.29) is 22.4 Å². The lowest BCUT2D eigenvalue weighted by atomic mass is 9.74. The highest BCUT2D eigenvalue weighted by atomic mass is 16.2. The van der Waals surface area contributed by atoms with Crippen molar-refractivity contribution in [3.8, 4) is 0 Å². The van der Waals surface area contributed by atoms with E-state index in [9.17, 15) is 19.2 Å². The molecule has 2 aromatic rings. The number of carbonyl (C=O) groups excluding carboxylic acids is 4. The van der Waals surface area contributed by atoms with Gasteiger partial charge in [0.25, 0.3) is 0 Å². The third kappa shape index (κ3) is 7.21. The van der Waals surface area contributed by atoms with Crippen molar-refractivity contribution in [2.24, 2.45) is 11.7 Å². The Morgan fingerprint density at radius 1 is 0.650 bits per heavy atom. The fourth-order valence-electron chi connectivity index (χ4n) is 4.88. The first-order valence-electron chi connectivity index (χ1n) is 13.3. The molecule has 0 atom stereocenters. The van der Waals surface area contributed by atoms with Crippen molar-refractivity contribution in [3.63, 3.8) is 0 Å². The number of urea groups is 2. The summed E-state index contributed by atoms with van der Waals surface area (Å²) in [4.78, 5) is 49.4. The molecule has 4 amide bonds. The summed E-state index contributed by atoms with van der Waals surface area (Å²) in [7, 11) is 0. The van der Waals surface area contributed by atoms with E-state index in [2.05, 4.69) is 49.4 Å². The molecule has 1 aliphatic rings. The molecule has 0 fully saturated rings. The molecule has 0 saturated carbocycles. The number of ketones is 2. The molecular weight excluding hydrogens is 512 g/mol. The van der Waals surface area contributed by atoms with Crippen LogP contribution in [0.2, 0.25) is 0 Å². The van der Waals surface area contributed by atoms with Gasteiger partial charge < -0.3 is 0 Å². The van der Waals surface area contributed by atoms with Gasteiger partial charge in [0.15, 0.2) is 11.6 Å². The molecule has 0 aliphatic heterocycles. The van der Waals surface area contributed by atoms with E-state index in [4.69, 9.17) is 11.7 Å². The third-order valence-corrected chi connectivity index (χ3v) is 7.45. The Balaban J connectivity index is 1.73. The normalized spacial score (nSPS) is 12.8. The summed E-state index contributed by atoms with van der Waals surface area (Å²) in [6.45, 7) is 9.44. The van der Waals surface area contributed by atoms with Crippen LogP contribution < -0.4 is 44.2 Å². The second-order valence-electron chi connectivity index (χ2n) is 11.2. The molecule has 0 saturated heterocycles. The van der Waals surface area contributed by atoms with Gasteiger partial charge in [-0.1, -0.05) is 39.8 Å². The summed E-state index contributed by atoms with van der Waals surface area (Å²) in [5.41, 5.74) is 17.5. The molecule has 40 heavy (non-hydrogen) atoms. The Bertz CT molecular complexity index is 1180. The average molecular weight is 553 g/mol. The van der Waals surface area contributed by atoms with Crippen LogP contribution in [0.1, 0.15) is 96.3 Å². The Labute approximate surface area is 234 Å². The van der Waals surface area contributed by atoms with Crippen LogP contribution in [0.3, 0.4) is 0 Å². The van der Waals surface area contributed by atoms with Gasteiger partial charge >= 0.3 is 12.1 Å². The fraction of sp³-hybridized carbons (Fsp3) is 0.429. The number of rotatable bonds is 12. The van der Waals surface area contributed by atoms with Crippen LogP contribution in [0.15, 0.2) is 36.4 Å². The third-order valence-electron chi connectivity index (χ3n) is 7.45. The number of hydrazine groups is 4. The molecular formula is C28H40N8O4. The molecule has 10 N–H and O–H groups in total. The van der Waals surface area contributed by atoms with E-state index in [0.717, 1.165) is 36.8 Å². The zero-order valence-electron chi connectivity index (χ0n) is 23.5. The summed E-state index contributed by atoms with van der Waals surface area (Å²) in [5.74, 6) is 9.77. The predicted molar refractivity (Wildman–Crippen MR) is 152 cm³/mol. The number of hydrogen-bond donors (Lipinski definition) is 8. The smallest absolute Gasteiger partial charge is 0.289 e. The van der Waals surface area contributed by atoms with Gasteiger partial charge in [-0.2, -0.15) is 0 Å². The first-order valence-corrected chi connectivity index (χ1v) is 13.3. The molecule has 0 spiro atoms. The quantitative estimate of drug-likeness (QED) is 0.0723. The lowest BCUT2D eigenvalue weighted by Gasteiger charge is -2.29. The fourth-order valence-corrected chi connectivity index (χ4v) is 4.88. The van der Waals surface area contributed by atoms with Gasteiger partial charge in [0.05, 0.1) is 0 Å². The number of fused-ring (bicyclic) bond motifs is 2. The average Bonchev–Trinajstić information content (AvgIpc) is 2.94. The molecule has 12 nitrogen and oxygen atoms in total. The van der Waals surface area contributed by atoms with Crippen molar-refractivity contribution in [3.05, 3.63) is 69.8 Å². The number of benzene rings is 2. The van der Waals surface area contributed by atoms with Crippen molar-refractivity contribution in [1.29, 1.82) is 0 Å². The first-order chi connectivity index (χ1) is 18.9. The van der Waals surface area contributed by atoms with Crippen LogP contribution in [0.5, 0.6) is 0 Å². The predicted octanol–water partition coefficient (Wildman–Crippen LogP) is 1.93. The number of hydrogen-bond acceptors (Lipinski definition) is 8. The van der Waals surface area contributed by atoms with Crippen LogP contribution in [0.25, 0.3) is 0 Å². The van der Waals surface area contributed by atoms with Crippen molar-refractivity contribution < 1.29 is 19.2 Å². The van der Waals surface area contributed by atoms with E-state index >= 15 is 0 Å². The maximum absolute atomic E-state index is 13.7. The van der Waals surface area contributed by atoms with Gasteiger partial charge in [-0.25, -0.2) is 32.1 Å². The molecule has 0 heterocycles. The minimum absolute atomic E-state index is 0.153. The molecule has 1 aliphatic carbocycles. The summed E-state index contributed by atoms with van der Waals surface area (Å²) >= 11 is 0. The summed E-state index contributed by atoms with van der Waals surface area (Å²) in [6.07, 6.45) is 3.08. The van der Waals surface area contributed by atoms with Crippen LogP contribution in [0, 0.1) is 0 Å². The van der Waals surface area contributed by atoms with Crippen molar-refractivity contribution in [2.75, 3.05) is 13.1 Å². The molecule has 12 heteroatoms. The zero-order valence-corrected chi connectivity index (χ0v) is 23.5. The van der Waals surface area contributed by atoms with Crippen LogP contribution in [0.4, 0.5) is 9.59 Å². The van der Waals surface area contributed by atoms with E-state index in [0.29, 0.717) is 35.3 Å². The highest BCUT2D eigenvalue weighted by Crippen LogP contribution is 2.36. The van der Waals surface area contributed by atoms with Crippen LogP contribution >= 0.6 is 0 Å². The molecule has 0 unspecified atom stereocenters. The maximum atomic E-state index is 13.7. The number of carbonyl (C=O) groups is 4. The molecule has 216 valence electrons. The van der Waals surface area contributed by atoms with Crippen LogP contribution in [-0.4, -0.2) is 36.7 Å². The number of nitrogens with two attached hydrogens (primary N) is 2. The monoisotopic (exact) mass is 552 g/mol. The maximum Gasteiger partial charge on any atom is 0.343 e. The van der Waals surface area contributed by atoms with Crippen molar-refractivity contribution in [1.82, 2.24) is 32.6 Å².